The Bertz CT molecular complexity index is 411. The molecule has 1 N–H and O–H groups in total. The summed E-state index contributed by atoms with van der Waals surface area (Å²) in [5, 5.41) is 12.0. The van der Waals surface area contributed by atoms with Crippen molar-refractivity contribution >= 4 is 11.3 Å². The van der Waals surface area contributed by atoms with Gasteiger partial charge >= 0.3 is 0 Å². The molecule has 0 radical (unpaired) electrons. The first-order valence-corrected chi connectivity index (χ1v) is 5.29. The molecule has 2 rings (SSSR count). The van der Waals surface area contributed by atoms with Crippen molar-refractivity contribution in [2.75, 3.05) is 0 Å². The predicted molar refractivity (Wildman–Crippen MR) is 57.4 cm³/mol. The lowest BCUT2D eigenvalue weighted by molar-refractivity contribution is 0.224. The van der Waals surface area contributed by atoms with Crippen LogP contribution >= 0.6 is 11.3 Å². The number of nitrogens with zero attached hydrogens (tertiary/aromatic N) is 1. The van der Waals surface area contributed by atoms with Gasteiger partial charge in [0.25, 0.3) is 0 Å². The molecular formula is C11H11NOS. The number of hydrogen-bond acceptors (Lipinski definition) is 3. The second kappa shape index (κ2) is 3.90. The van der Waals surface area contributed by atoms with Gasteiger partial charge in [0.05, 0.1) is 0 Å². The Labute approximate surface area is 86.9 Å². The Hall–Kier alpha value is -1.19. The Morgan fingerprint density at radius 1 is 1.43 bits per heavy atom. The molecule has 0 saturated carbocycles. The Balaban J connectivity index is 2.32. The van der Waals surface area contributed by atoms with E-state index >= 15 is 0 Å². The van der Waals surface area contributed by atoms with Gasteiger partial charge in [-0.1, -0.05) is 6.07 Å². The smallest absolute Gasteiger partial charge is 0.113 e. The summed E-state index contributed by atoms with van der Waals surface area (Å²) < 4.78 is 0. The molecule has 14 heavy (non-hydrogen) atoms. The molecule has 1 unspecified atom stereocenters. The third kappa shape index (κ3) is 1.84. The highest BCUT2D eigenvalue weighted by molar-refractivity contribution is 7.10. The molecule has 0 aliphatic heterocycles. The van der Waals surface area contributed by atoms with E-state index in [2.05, 4.69) is 4.98 Å². The van der Waals surface area contributed by atoms with E-state index in [-0.39, 0.29) is 0 Å². The zero-order chi connectivity index (χ0) is 9.97. The molecule has 1 atom stereocenters. The SMILES string of the molecule is Cc1cc(C(O)c2cccs2)ccn1. The van der Waals surface area contributed by atoms with E-state index in [0.29, 0.717) is 0 Å². The molecular weight excluding hydrogens is 194 g/mol. The third-order valence-electron chi connectivity index (χ3n) is 2.05. The van der Waals surface area contributed by atoms with E-state index in [0.717, 1.165) is 16.1 Å². The summed E-state index contributed by atoms with van der Waals surface area (Å²) >= 11 is 1.56. The van der Waals surface area contributed by atoms with Crippen LogP contribution in [0.25, 0.3) is 0 Å². The number of hydrogen-bond donors (Lipinski definition) is 1. The minimum Gasteiger partial charge on any atom is -0.383 e. The van der Waals surface area contributed by atoms with Crippen molar-refractivity contribution in [3.8, 4) is 0 Å². The number of aliphatic hydroxyl groups excluding tert-OH is 1. The maximum Gasteiger partial charge on any atom is 0.113 e. The standard InChI is InChI=1S/C11H11NOS/c1-8-7-9(4-5-12-8)11(13)10-3-2-6-14-10/h2-7,11,13H,1H3. The van der Waals surface area contributed by atoms with Gasteiger partial charge in [0.2, 0.25) is 0 Å². The summed E-state index contributed by atoms with van der Waals surface area (Å²) in [6.07, 6.45) is 1.21. The molecule has 3 heteroatoms. The number of rotatable bonds is 2. The van der Waals surface area contributed by atoms with Crippen LogP contribution in [0.15, 0.2) is 35.8 Å². The summed E-state index contributed by atoms with van der Waals surface area (Å²) in [5.41, 5.74) is 1.83. The molecule has 72 valence electrons. The second-order valence-electron chi connectivity index (χ2n) is 3.15. The lowest BCUT2D eigenvalue weighted by Crippen LogP contribution is -1.97. The first-order valence-electron chi connectivity index (χ1n) is 4.41. The van der Waals surface area contributed by atoms with Crippen LogP contribution in [0.1, 0.15) is 22.2 Å². The van der Waals surface area contributed by atoms with Crippen molar-refractivity contribution in [3.63, 3.8) is 0 Å². The number of aryl methyl sites for hydroxylation is 1. The zero-order valence-corrected chi connectivity index (χ0v) is 8.66. The fourth-order valence-corrected chi connectivity index (χ4v) is 2.09. The third-order valence-corrected chi connectivity index (χ3v) is 2.97. The Morgan fingerprint density at radius 3 is 2.93 bits per heavy atom. The molecule has 2 aromatic heterocycles. The largest absolute Gasteiger partial charge is 0.383 e. The van der Waals surface area contributed by atoms with Crippen LogP contribution < -0.4 is 0 Å². The molecule has 0 spiro atoms. The minimum atomic E-state index is -0.517. The van der Waals surface area contributed by atoms with Crippen molar-refractivity contribution in [2.24, 2.45) is 0 Å². The lowest BCUT2D eigenvalue weighted by atomic mass is 10.1. The summed E-state index contributed by atoms with van der Waals surface area (Å²) in [6, 6.07) is 7.63. The maximum absolute atomic E-state index is 9.99. The van der Waals surface area contributed by atoms with Crippen LogP contribution in [0, 0.1) is 6.92 Å². The lowest BCUT2D eigenvalue weighted by Gasteiger charge is -2.08. The van der Waals surface area contributed by atoms with Gasteiger partial charge in [0.1, 0.15) is 6.10 Å². The van der Waals surface area contributed by atoms with E-state index in [4.69, 9.17) is 0 Å². The van der Waals surface area contributed by atoms with Crippen LogP contribution in [0.3, 0.4) is 0 Å². The van der Waals surface area contributed by atoms with E-state index in [1.54, 1.807) is 17.5 Å². The summed E-state index contributed by atoms with van der Waals surface area (Å²) in [5.74, 6) is 0. The monoisotopic (exact) mass is 205 g/mol. The van der Waals surface area contributed by atoms with Crippen LogP contribution in [0.5, 0.6) is 0 Å². The molecule has 2 heterocycles. The fourth-order valence-electron chi connectivity index (χ4n) is 1.35. The first-order chi connectivity index (χ1) is 6.77. The molecule has 0 amide bonds. The number of pyridine rings is 1. The zero-order valence-electron chi connectivity index (χ0n) is 7.84. The van der Waals surface area contributed by atoms with Gasteiger partial charge < -0.3 is 5.11 Å². The molecule has 0 saturated heterocycles. The van der Waals surface area contributed by atoms with Crippen LogP contribution in [-0.2, 0) is 0 Å². The number of aliphatic hydroxyl groups is 1. The van der Waals surface area contributed by atoms with Gasteiger partial charge in [-0.2, -0.15) is 0 Å². The van der Waals surface area contributed by atoms with Gasteiger partial charge in [-0.15, -0.1) is 11.3 Å². The highest BCUT2D eigenvalue weighted by atomic mass is 32.1. The van der Waals surface area contributed by atoms with E-state index in [9.17, 15) is 5.11 Å². The average molecular weight is 205 g/mol. The predicted octanol–water partition coefficient (Wildman–Crippen LogP) is 2.53. The molecule has 0 fully saturated rings. The fraction of sp³-hybridized carbons (Fsp3) is 0.182. The van der Waals surface area contributed by atoms with E-state index in [1.165, 1.54) is 0 Å². The van der Waals surface area contributed by atoms with Gasteiger partial charge in [-0.05, 0) is 36.1 Å². The highest BCUT2D eigenvalue weighted by Gasteiger charge is 2.10. The summed E-state index contributed by atoms with van der Waals surface area (Å²) in [4.78, 5) is 5.06. The molecule has 0 aliphatic carbocycles. The van der Waals surface area contributed by atoms with Crippen LogP contribution in [-0.4, -0.2) is 10.1 Å². The maximum atomic E-state index is 9.99. The normalized spacial score (nSPS) is 12.7. The Kier molecular flexibility index (Phi) is 2.61. The van der Waals surface area contributed by atoms with Crippen LogP contribution in [0.4, 0.5) is 0 Å². The number of aromatic nitrogens is 1. The minimum absolute atomic E-state index is 0.517. The van der Waals surface area contributed by atoms with E-state index in [1.807, 2.05) is 36.6 Å². The molecule has 0 aromatic carbocycles. The first kappa shape index (κ1) is 9.37. The number of thiophene rings is 1. The van der Waals surface area contributed by atoms with Gasteiger partial charge in [0, 0.05) is 16.8 Å². The highest BCUT2D eigenvalue weighted by Crippen LogP contribution is 2.25. The quantitative estimate of drug-likeness (QED) is 0.817. The summed E-state index contributed by atoms with van der Waals surface area (Å²) in [7, 11) is 0. The second-order valence-corrected chi connectivity index (χ2v) is 4.13. The summed E-state index contributed by atoms with van der Waals surface area (Å²) in [6.45, 7) is 1.92. The van der Waals surface area contributed by atoms with Gasteiger partial charge in [-0.3, -0.25) is 4.98 Å². The van der Waals surface area contributed by atoms with Gasteiger partial charge in [-0.25, -0.2) is 0 Å². The topological polar surface area (TPSA) is 33.1 Å². The molecule has 2 aromatic rings. The molecule has 2 nitrogen and oxygen atoms in total. The van der Waals surface area contributed by atoms with Crippen molar-refractivity contribution in [1.29, 1.82) is 0 Å². The van der Waals surface area contributed by atoms with Crippen molar-refractivity contribution < 1.29 is 5.11 Å². The van der Waals surface area contributed by atoms with Gasteiger partial charge in [0.15, 0.2) is 0 Å². The molecule has 0 aliphatic rings. The van der Waals surface area contributed by atoms with Crippen molar-refractivity contribution in [2.45, 2.75) is 13.0 Å². The van der Waals surface area contributed by atoms with Crippen molar-refractivity contribution in [1.82, 2.24) is 4.98 Å². The average Bonchev–Trinajstić information content (AvgIpc) is 2.69. The van der Waals surface area contributed by atoms with E-state index < -0.39 is 6.10 Å². The van der Waals surface area contributed by atoms with Crippen molar-refractivity contribution in [3.05, 3.63) is 52.0 Å². The van der Waals surface area contributed by atoms with Crippen LogP contribution in [0.2, 0.25) is 0 Å². The Morgan fingerprint density at radius 2 is 2.29 bits per heavy atom. The molecule has 0 bridgehead atoms.